The van der Waals surface area contributed by atoms with E-state index in [2.05, 4.69) is 15.3 Å². The van der Waals surface area contributed by atoms with Gasteiger partial charge in [-0.2, -0.15) is 0 Å². The quantitative estimate of drug-likeness (QED) is 0.475. The summed E-state index contributed by atoms with van der Waals surface area (Å²) in [5.41, 5.74) is 2.31. The van der Waals surface area contributed by atoms with E-state index in [1.165, 1.54) is 34.8 Å². The summed E-state index contributed by atoms with van der Waals surface area (Å²) in [7, 11) is 0. The van der Waals surface area contributed by atoms with Gasteiger partial charge in [0.2, 0.25) is 5.91 Å². The number of thiazole rings is 2. The molecule has 8 heteroatoms. The zero-order valence-electron chi connectivity index (χ0n) is 14.9. The molecule has 142 valence electrons. The van der Waals surface area contributed by atoms with Crippen molar-refractivity contribution in [2.75, 3.05) is 11.9 Å². The van der Waals surface area contributed by atoms with Crippen LogP contribution in [0.5, 0.6) is 5.75 Å². The van der Waals surface area contributed by atoms with Gasteiger partial charge in [0.25, 0.3) is 0 Å². The summed E-state index contributed by atoms with van der Waals surface area (Å²) < 4.78 is 19.5. The molecule has 2 heterocycles. The summed E-state index contributed by atoms with van der Waals surface area (Å²) >= 11 is 2.83. The van der Waals surface area contributed by atoms with Crippen LogP contribution in [0.3, 0.4) is 0 Å². The topological polar surface area (TPSA) is 64.1 Å². The van der Waals surface area contributed by atoms with Crippen molar-refractivity contribution in [2.45, 2.75) is 13.3 Å². The molecular formula is C20H16FN3O2S2. The Balaban J connectivity index is 1.43. The van der Waals surface area contributed by atoms with Gasteiger partial charge in [0.1, 0.15) is 16.6 Å². The minimum atomic E-state index is -0.288. The van der Waals surface area contributed by atoms with Crippen molar-refractivity contribution in [3.8, 4) is 16.3 Å². The van der Waals surface area contributed by atoms with Crippen molar-refractivity contribution in [3.63, 3.8) is 0 Å². The first-order chi connectivity index (χ1) is 13.6. The van der Waals surface area contributed by atoms with E-state index in [0.29, 0.717) is 17.4 Å². The molecule has 2 aromatic heterocycles. The van der Waals surface area contributed by atoms with Crippen LogP contribution in [0.1, 0.15) is 12.6 Å². The highest BCUT2D eigenvalue weighted by Crippen LogP contribution is 2.29. The van der Waals surface area contributed by atoms with E-state index in [0.717, 1.165) is 26.5 Å². The van der Waals surface area contributed by atoms with Gasteiger partial charge in [-0.25, -0.2) is 14.4 Å². The molecule has 5 nitrogen and oxygen atoms in total. The fourth-order valence-corrected chi connectivity index (χ4v) is 4.39. The van der Waals surface area contributed by atoms with E-state index >= 15 is 0 Å². The Kier molecular flexibility index (Phi) is 5.31. The number of fused-ring (bicyclic) bond motifs is 1. The van der Waals surface area contributed by atoms with Crippen LogP contribution in [0.2, 0.25) is 0 Å². The second-order valence-electron chi connectivity index (χ2n) is 5.96. The van der Waals surface area contributed by atoms with Crippen LogP contribution in [-0.2, 0) is 11.2 Å². The van der Waals surface area contributed by atoms with Gasteiger partial charge in [-0.05, 0) is 49.4 Å². The average Bonchev–Trinajstić information content (AvgIpc) is 3.28. The number of hydrogen-bond acceptors (Lipinski definition) is 6. The molecule has 0 aliphatic rings. The third-order valence-electron chi connectivity index (χ3n) is 3.90. The van der Waals surface area contributed by atoms with E-state index in [-0.39, 0.29) is 18.1 Å². The fourth-order valence-electron chi connectivity index (χ4n) is 2.66. The van der Waals surface area contributed by atoms with Gasteiger partial charge in [0.05, 0.1) is 28.9 Å². The highest BCUT2D eigenvalue weighted by molar-refractivity contribution is 7.22. The largest absolute Gasteiger partial charge is 0.494 e. The summed E-state index contributed by atoms with van der Waals surface area (Å²) in [6, 6.07) is 11.8. The number of rotatable bonds is 6. The minimum Gasteiger partial charge on any atom is -0.494 e. The molecule has 0 aliphatic heterocycles. The van der Waals surface area contributed by atoms with Gasteiger partial charge in [-0.3, -0.25) is 4.79 Å². The van der Waals surface area contributed by atoms with Crippen molar-refractivity contribution in [1.82, 2.24) is 9.97 Å². The predicted molar refractivity (Wildman–Crippen MR) is 111 cm³/mol. The van der Waals surface area contributed by atoms with Crippen LogP contribution in [-0.4, -0.2) is 22.5 Å². The third-order valence-corrected chi connectivity index (χ3v) is 5.78. The molecule has 0 fully saturated rings. The Hall–Kier alpha value is -2.84. The number of anilines is 1. The summed E-state index contributed by atoms with van der Waals surface area (Å²) in [6.45, 7) is 2.53. The lowest BCUT2D eigenvalue weighted by molar-refractivity contribution is -0.115. The molecule has 2 aromatic carbocycles. The van der Waals surface area contributed by atoms with Gasteiger partial charge in [-0.1, -0.05) is 11.3 Å². The lowest BCUT2D eigenvalue weighted by atomic mass is 10.2. The average molecular weight is 413 g/mol. The van der Waals surface area contributed by atoms with Crippen LogP contribution in [0.15, 0.2) is 47.8 Å². The Bertz CT molecular complexity index is 1120. The molecule has 0 spiro atoms. The van der Waals surface area contributed by atoms with Crippen molar-refractivity contribution in [3.05, 3.63) is 59.4 Å². The number of ether oxygens (including phenoxy) is 1. The van der Waals surface area contributed by atoms with Crippen molar-refractivity contribution in [2.24, 2.45) is 0 Å². The van der Waals surface area contributed by atoms with E-state index in [1.54, 1.807) is 12.1 Å². The van der Waals surface area contributed by atoms with Crippen LogP contribution in [0.4, 0.5) is 9.52 Å². The lowest BCUT2D eigenvalue weighted by Gasteiger charge is -2.00. The Labute approximate surface area is 168 Å². The molecule has 0 atom stereocenters. The molecule has 28 heavy (non-hydrogen) atoms. The first-order valence-corrected chi connectivity index (χ1v) is 10.3. The van der Waals surface area contributed by atoms with Crippen LogP contribution in [0.25, 0.3) is 20.8 Å². The van der Waals surface area contributed by atoms with Gasteiger partial charge >= 0.3 is 0 Å². The Morgan fingerprint density at radius 2 is 2.00 bits per heavy atom. The Morgan fingerprint density at radius 1 is 1.18 bits per heavy atom. The maximum absolute atomic E-state index is 13.0. The standard InChI is InChI=1S/C20H16FN3O2S2/c1-2-26-15-7-8-16-17(10-15)28-20(23-16)24-18(25)9-14-11-27-19(22-14)12-3-5-13(21)6-4-12/h3-8,10-11H,2,9H2,1H3,(H,23,24,25). The summed E-state index contributed by atoms with van der Waals surface area (Å²) in [5.74, 6) is 0.316. The molecule has 0 aliphatic carbocycles. The molecule has 0 saturated heterocycles. The van der Waals surface area contributed by atoms with Gasteiger partial charge in [0.15, 0.2) is 5.13 Å². The van der Waals surface area contributed by atoms with Crippen molar-refractivity contribution >= 4 is 43.9 Å². The van der Waals surface area contributed by atoms with Gasteiger partial charge in [0, 0.05) is 10.9 Å². The number of carbonyl (C=O) groups is 1. The number of benzene rings is 2. The molecule has 0 saturated carbocycles. The first-order valence-electron chi connectivity index (χ1n) is 8.64. The smallest absolute Gasteiger partial charge is 0.232 e. The van der Waals surface area contributed by atoms with E-state index in [9.17, 15) is 9.18 Å². The van der Waals surface area contributed by atoms with Crippen molar-refractivity contribution < 1.29 is 13.9 Å². The number of aromatic nitrogens is 2. The SMILES string of the molecule is CCOc1ccc2nc(NC(=O)Cc3csc(-c4ccc(F)cc4)n3)sc2c1. The van der Waals surface area contributed by atoms with Crippen LogP contribution >= 0.6 is 22.7 Å². The number of nitrogens with zero attached hydrogens (tertiary/aromatic N) is 2. The monoisotopic (exact) mass is 413 g/mol. The van der Waals surface area contributed by atoms with Crippen LogP contribution < -0.4 is 10.1 Å². The van der Waals surface area contributed by atoms with Crippen molar-refractivity contribution in [1.29, 1.82) is 0 Å². The molecule has 0 unspecified atom stereocenters. The highest BCUT2D eigenvalue weighted by atomic mass is 32.1. The normalized spacial score (nSPS) is 10.9. The maximum Gasteiger partial charge on any atom is 0.232 e. The summed E-state index contributed by atoms with van der Waals surface area (Å²) in [5, 5.41) is 5.97. The number of nitrogens with one attached hydrogen (secondary N) is 1. The Morgan fingerprint density at radius 3 is 2.79 bits per heavy atom. The lowest BCUT2D eigenvalue weighted by Crippen LogP contribution is -2.14. The molecule has 4 aromatic rings. The van der Waals surface area contributed by atoms with E-state index < -0.39 is 0 Å². The van der Waals surface area contributed by atoms with E-state index in [1.807, 2.05) is 30.5 Å². The molecule has 1 amide bonds. The number of amides is 1. The molecule has 0 bridgehead atoms. The van der Waals surface area contributed by atoms with E-state index in [4.69, 9.17) is 4.74 Å². The zero-order chi connectivity index (χ0) is 19.5. The number of carbonyl (C=O) groups excluding carboxylic acids is 1. The predicted octanol–water partition coefficient (Wildman–Crippen LogP) is 5.14. The van der Waals surface area contributed by atoms with Gasteiger partial charge < -0.3 is 10.1 Å². The number of hydrogen-bond donors (Lipinski definition) is 1. The fraction of sp³-hybridized carbons (Fsp3) is 0.150. The van der Waals surface area contributed by atoms with Gasteiger partial charge in [-0.15, -0.1) is 11.3 Å². The molecule has 0 radical (unpaired) electrons. The number of halogens is 1. The van der Waals surface area contributed by atoms with Crippen LogP contribution in [0, 0.1) is 5.82 Å². The molecular weight excluding hydrogens is 397 g/mol. The molecule has 4 rings (SSSR count). The minimum absolute atomic E-state index is 0.151. The summed E-state index contributed by atoms with van der Waals surface area (Å²) in [4.78, 5) is 21.3. The zero-order valence-corrected chi connectivity index (χ0v) is 16.6. The third kappa shape index (κ3) is 4.18. The second-order valence-corrected chi connectivity index (χ2v) is 7.85. The molecule has 1 N–H and O–H groups in total. The highest BCUT2D eigenvalue weighted by Gasteiger charge is 2.12. The maximum atomic E-state index is 13.0. The summed E-state index contributed by atoms with van der Waals surface area (Å²) in [6.07, 6.45) is 0.151. The second kappa shape index (κ2) is 8.04. The first kappa shape index (κ1) is 18.5.